The van der Waals surface area contributed by atoms with Crippen LogP contribution in [0.25, 0.3) is 0 Å². The van der Waals surface area contributed by atoms with Gasteiger partial charge in [-0.2, -0.15) is 0 Å². The maximum absolute atomic E-state index is 13.9. The highest BCUT2D eigenvalue weighted by molar-refractivity contribution is 6.31. The fourth-order valence-corrected chi connectivity index (χ4v) is 7.08. The Morgan fingerprint density at radius 1 is 1.09 bits per heavy atom. The van der Waals surface area contributed by atoms with E-state index in [1.54, 1.807) is 6.92 Å². The topological polar surface area (TPSA) is 220 Å². The molecule has 2 aromatic rings. The van der Waals surface area contributed by atoms with Gasteiger partial charge in [0.1, 0.15) is 34.7 Å². The number of rotatable bonds is 7. The number of nitrogens with two attached hydrogens (primary N) is 1. The molecule has 2 aliphatic heterocycles. The summed E-state index contributed by atoms with van der Waals surface area (Å²) in [6.45, 7) is 1.52. The fourth-order valence-electron chi connectivity index (χ4n) is 7.08. The van der Waals surface area contributed by atoms with Crippen LogP contribution in [0.3, 0.4) is 0 Å². The van der Waals surface area contributed by atoms with Gasteiger partial charge in [-0.05, 0) is 32.3 Å². The Kier molecular flexibility index (Phi) is 8.80. The van der Waals surface area contributed by atoms with Crippen LogP contribution in [0.5, 0.6) is 17.2 Å². The first kappa shape index (κ1) is 32.3. The van der Waals surface area contributed by atoms with Crippen LogP contribution in [0, 0.1) is 0 Å². The molecular formula is C32H38N2O12. The van der Waals surface area contributed by atoms with Gasteiger partial charge < -0.3 is 55.1 Å². The van der Waals surface area contributed by atoms with Crippen molar-refractivity contribution in [1.29, 1.82) is 0 Å². The first-order chi connectivity index (χ1) is 22.0. The lowest BCUT2D eigenvalue weighted by atomic mass is 9.71. The van der Waals surface area contributed by atoms with E-state index in [0.29, 0.717) is 6.61 Å². The average molecular weight is 643 g/mol. The monoisotopic (exact) mass is 642 g/mol. The van der Waals surface area contributed by atoms with E-state index in [9.17, 15) is 35.2 Å². The molecule has 2 fully saturated rings. The highest BCUT2D eigenvalue weighted by Crippen LogP contribution is 2.52. The van der Waals surface area contributed by atoms with E-state index in [0.717, 1.165) is 19.3 Å². The Morgan fingerprint density at radius 2 is 1.85 bits per heavy atom. The van der Waals surface area contributed by atoms with Gasteiger partial charge in [-0.1, -0.05) is 17.3 Å². The van der Waals surface area contributed by atoms with Crippen molar-refractivity contribution in [2.45, 2.75) is 88.0 Å². The summed E-state index contributed by atoms with van der Waals surface area (Å²) in [5.41, 5.74) is 2.81. The Labute approximate surface area is 264 Å². The predicted octanol–water partition coefficient (Wildman–Crippen LogP) is 1.81. The number of aliphatic hydroxyl groups is 2. The summed E-state index contributed by atoms with van der Waals surface area (Å²) in [6.07, 6.45) is -1.84. The molecule has 0 radical (unpaired) electrons. The predicted molar refractivity (Wildman–Crippen MR) is 158 cm³/mol. The minimum atomic E-state index is -2.09. The van der Waals surface area contributed by atoms with Crippen LogP contribution < -0.4 is 10.5 Å². The van der Waals surface area contributed by atoms with Crippen LogP contribution in [0.2, 0.25) is 0 Å². The number of aromatic hydroxyl groups is 2. The number of ketones is 2. The van der Waals surface area contributed by atoms with Crippen LogP contribution in [0.1, 0.15) is 88.1 Å². The van der Waals surface area contributed by atoms with Crippen molar-refractivity contribution in [1.82, 2.24) is 0 Å². The molecule has 2 aromatic carbocycles. The summed E-state index contributed by atoms with van der Waals surface area (Å²) in [6, 6.07) is 3.87. The van der Waals surface area contributed by atoms with Crippen molar-refractivity contribution >= 4 is 17.3 Å². The maximum atomic E-state index is 13.9. The maximum Gasteiger partial charge on any atom is 0.202 e. The third-order valence-corrected chi connectivity index (χ3v) is 9.36. The van der Waals surface area contributed by atoms with Crippen molar-refractivity contribution in [2.75, 3.05) is 20.3 Å². The van der Waals surface area contributed by atoms with Gasteiger partial charge >= 0.3 is 0 Å². The lowest BCUT2D eigenvalue weighted by Crippen LogP contribution is -2.55. The van der Waals surface area contributed by atoms with E-state index < -0.39 is 95.5 Å². The van der Waals surface area contributed by atoms with Gasteiger partial charge in [-0.3, -0.25) is 9.59 Å². The minimum absolute atomic E-state index is 0.0349. The molecule has 0 aromatic heterocycles. The molecule has 14 nitrogen and oxygen atoms in total. The van der Waals surface area contributed by atoms with E-state index in [4.69, 9.17) is 29.4 Å². The van der Waals surface area contributed by atoms with Gasteiger partial charge in [0.2, 0.25) is 5.78 Å². The number of methoxy groups -OCH3 is 1. The number of carbonyl (C=O) groups excluding carboxylic acids is 2. The molecule has 7 atom stereocenters. The van der Waals surface area contributed by atoms with E-state index >= 15 is 0 Å². The van der Waals surface area contributed by atoms with Crippen LogP contribution in [0.15, 0.2) is 23.4 Å². The van der Waals surface area contributed by atoms with Crippen LogP contribution in [0.4, 0.5) is 0 Å². The summed E-state index contributed by atoms with van der Waals surface area (Å²) < 4.78 is 29.6. The molecular weight excluding hydrogens is 604 g/mol. The molecule has 2 aliphatic carbocycles. The van der Waals surface area contributed by atoms with Crippen molar-refractivity contribution < 1.29 is 58.9 Å². The quantitative estimate of drug-likeness (QED) is 0.0938. The summed E-state index contributed by atoms with van der Waals surface area (Å²) in [5, 5.41) is 57.6. The number of carbonyl (C=O) groups is 2. The summed E-state index contributed by atoms with van der Waals surface area (Å²) in [4.78, 5) is 27.6. The van der Waals surface area contributed by atoms with Gasteiger partial charge in [-0.25, -0.2) is 0 Å². The number of hydrogen-bond donors (Lipinski definition) is 6. The largest absolute Gasteiger partial charge is 0.507 e. The molecule has 0 amide bonds. The number of phenolic OH excluding ortho intramolecular Hbond substituents is 2. The summed E-state index contributed by atoms with van der Waals surface area (Å²) >= 11 is 0. The summed E-state index contributed by atoms with van der Waals surface area (Å²) in [7, 11) is 1.34. The Morgan fingerprint density at radius 3 is 2.50 bits per heavy atom. The third kappa shape index (κ3) is 5.33. The molecule has 0 bridgehead atoms. The van der Waals surface area contributed by atoms with Gasteiger partial charge in [-0.15, -0.1) is 0 Å². The zero-order valence-electron chi connectivity index (χ0n) is 25.5. The second kappa shape index (κ2) is 12.5. The molecule has 0 saturated carbocycles. The fraction of sp³-hybridized carbons (Fsp3) is 0.531. The standard InChI is InChI=1S/C32H38N2O12/c1-14-31(46-21-8-3-4-9-43-21)17(33)10-22(44-14)45-19-12-32(40,20(13-35)34-41)11-16-24(19)30(39)26-25(28(16)37)27(36)15-6-5-7-18(42-2)23(15)29(26)38/h5-7,14,17,19,21-22,31,35,37,39-41H,3-4,8-13,33H2,1-2H3/b34-20-/t14-,17-,19-,21+,22-,31+,32-/m0/s1. The second-order valence-corrected chi connectivity index (χ2v) is 12.2. The van der Waals surface area contributed by atoms with Gasteiger partial charge in [0.15, 0.2) is 18.4 Å². The van der Waals surface area contributed by atoms with Crippen molar-refractivity contribution in [2.24, 2.45) is 10.9 Å². The van der Waals surface area contributed by atoms with Crippen LogP contribution in [-0.4, -0.2) is 99.7 Å². The summed E-state index contributed by atoms with van der Waals surface area (Å²) in [5.74, 6) is -2.67. The normalized spacial score (nSPS) is 31.2. The van der Waals surface area contributed by atoms with Crippen molar-refractivity contribution in [3.63, 3.8) is 0 Å². The number of benzene rings is 2. The SMILES string of the molecule is COc1cccc2c1C(=O)c1c(O)c3c(c(O)c1C2=O)C[C@@](O)(/C(CO)=N\O)C[C@@H]3O[C@H]1C[C@H](N)[C@H](O[C@@H]2CCCCO2)[C@H](C)O1. The highest BCUT2D eigenvalue weighted by Gasteiger charge is 2.50. The molecule has 2 heterocycles. The van der Waals surface area contributed by atoms with E-state index in [2.05, 4.69) is 5.16 Å². The van der Waals surface area contributed by atoms with E-state index in [1.807, 2.05) is 0 Å². The first-order valence-electron chi connectivity index (χ1n) is 15.3. The number of oxime groups is 1. The number of aliphatic hydroxyl groups excluding tert-OH is 1. The second-order valence-electron chi connectivity index (χ2n) is 12.2. The first-order valence-corrected chi connectivity index (χ1v) is 15.3. The molecule has 0 spiro atoms. The van der Waals surface area contributed by atoms with E-state index in [1.165, 1.54) is 25.3 Å². The highest BCUT2D eigenvalue weighted by atomic mass is 16.7. The molecule has 6 rings (SSSR count). The Bertz CT molecular complexity index is 1560. The number of hydrogen-bond acceptors (Lipinski definition) is 14. The van der Waals surface area contributed by atoms with Gasteiger partial charge in [0.25, 0.3) is 0 Å². The smallest absolute Gasteiger partial charge is 0.202 e. The zero-order chi connectivity index (χ0) is 32.9. The van der Waals surface area contributed by atoms with Gasteiger partial charge in [0.05, 0.1) is 42.6 Å². The number of fused-ring (bicyclic) bond motifs is 3. The zero-order valence-corrected chi connectivity index (χ0v) is 25.5. The molecule has 46 heavy (non-hydrogen) atoms. The number of phenols is 2. The third-order valence-electron chi connectivity index (χ3n) is 9.36. The molecule has 4 aliphatic rings. The Balaban J connectivity index is 1.39. The van der Waals surface area contributed by atoms with Crippen LogP contribution in [-0.2, 0) is 25.4 Å². The molecule has 2 saturated heterocycles. The van der Waals surface area contributed by atoms with Crippen LogP contribution >= 0.6 is 0 Å². The molecule has 7 N–H and O–H groups in total. The molecule has 248 valence electrons. The Hall–Kier alpha value is -3.63. The van der Waals surface area contributed by atoms with Crippen molar-refractivity contribution in [3.05, 3.63) is 51.6 Å². The molecule has 14 heteroatoms. The number of nitrogens with zero attached hydrogens (tertiary/aromatic N) is 1. The van der Waals surface area contributed by atoms with Crippen molar-refractivity contribution in [3.8, 4) is 17.2 Å². The average Bonchev–Trinajstić information content (AvgIpc) is 3.03. The molecule has 0 unspecified atom stereocenters. The lowest BCUT2D eigenvalue weighted by molar-refractivity contribution is -0.280. The number of ether oxygens (including phenoxy) is 5. The minimum Gasteiger partial charge on any atom is -0.507 e. The van der Waals surface area contributed by atoms with E-state index in [-0.39, 0.29) is 40.8 Å². The van der Waals surface area contributed by atoms with Gasteiger partial charge in [0, 0.05) is 48.6 Å². The lowest BCUT2D eigenvalue weighted by Gasteiger charge is -2.44.